The van der Waals surface area contributed by atoms with Gasteiger partial charge in [0.1, 0.15) is 0 Å². The van der Waals surface area contributed by atoms with Crippen LogP contribution in [0.25, 0.3) is 0 Å². The third-order valence-corrected chi connectivity index (χ3v) is 2.03. The molecular weight excluding hydrogens is 164 g/mol. The smallest absolute Gasteiger partial charge is 0.164 e. The molecule has 0 radical (unpaired) electrons. The largest absolute Gasteiger partial charge is 0.174 e. The van der Waals surface area contributed by atoms with Crippen molar-refractivity contribution in [2.24, 2.45) is 0 Å². The molecule has 1 aromatic rings. The molecule has 13 heavy (non-hydrogen) atoms. The Morgan fingerprint density at radius 3 is 2.62 bits per heavy atom. The molecule has 4 heteroatoms. The number of nitrogens with zero attached hydrogens (tertiary/aromatic N) is 4. The third-order valence-electron chi connectivity index (χ3n) is 2.03. The van der Waals surface area contributed by atoms with E-state index in [1.54, 1.807) is 4.80 Å². The number of tetrazole rings is 1. The maximum absolute atomic E-state index is 4.22. The van der Waals surface area contributed by atoms with Crippen LogP contribution in [0.4, 0.5) is 0 Å². The molecule has 0 saturated carbocycles. The van der Waals surface area contributed by atoms with Gasteiger partial charge in [0, 0.05) is 6.42 Å². The van der Waals surface area contributed by atoms with Gasteiger partial charge in [0.2, 0.25) is 0 Å². The quantitative estimate of drug-likeness (QED) is 0.630. The van der Waals surface area contributed by atoms with Crippen molar-refractivity contribution in [3.8, 4) is 0 Å². The van der Waals surface area contributed by atoms with Crippen molar-refractivity contribution in [1.82, 2.24) is 20.2 Å². The van der Waals surface area contributed by atoms with Crippen LogP contribution in [0.15, 0.2) is 0 Å². The molecule has 0 fully saturated rings. The predicted octanol–water partition coefficient (Wildman–Crippen LogP) is 1.82. The van der Waals surface area contributed by atoms with Gasteiger partial charge in [-0.15, -0.1) is 10.2 Å². The molecule has 0 N–H and O–H groups in total. The number of aryl methyl sites for hydroxylation is 2. The summed E-state index contributed by atoms with van der Waals surface area (Å²) in [7, 11) is 0. The van der Waals surface area contributed by atoms with Gasteiger partial charge in [0.15, 0.2) is 5.82 Å². The fourth-order valence-electron chi connectivity index (χ4n) is 1.22. The number of unbranched alkanes of at least 4 members (excludes halogenated alkanes) is 3. The molecule has 0 aliphatic rings. The van der Waals surface area contributed by atoms with E-state index in [0.29, 0.717) is 0 Å². The molecule has 0 spiro atoms. The van der Waals surface area contributed by atoms with Gasteiger partial charge >= 0.3 is 0 Å². The molecule has 4 nitrogen and oxygen atoms in total. The van der Waals surface area contributed by atoms with Crippen molar-refractivity contribution in [2.75, 3.05) is 0 Å². The lowest BCUT2D eigenvalue weighted by molar-refractivity contribution is 0.549. The first-order chi connectivity index (χ1) is 6.36. The summed E-state index contributed by atoms with van der Waals surface area (Å²) in [5.41, 5.74) is 0. The second kappa shape index (κ2) is 5.67. The van der Waals surface area contributed by atoms with Crippen LogP contribution in [0.1, 0.15) is 45.4 Å². The summed E-state index contributed by atoms with van der Waals surface area (Å²) in [4.78, 5) is 1.63. The standard InChI is InChI=1S/C9H18N4/c1-3-5-6-7-8-9-10-12-13(4-2)11-9/h3-8H2,1-2H3. The maximum Gasteiger partial charge on any atom is 0.174 e. The van der Waals surface area contributed by atoms with Gasteiger partial charge < -0.3 is 0 Å². The normalized spacial score (nSPS) is 10.6. The topological polar surface area (TPSA) is 43.6 Å². The highest BCUT2D eigenvalue weighted by Crippen LogP contribution is 2.02. The van der Waals surface area contributed by atoms with E-state index >= 15 is 0 Å². The summed E-state index contributed by atoms with van der Waals surface area (Å²) < 4.78 is 0. The van der Waals surface area contributed by atoms with Crippen LogP contribution < -0.4 is 0 Å². The van der Waals surface area contributed by atoms with E-state index in [1.807, 2.05) is 6.92 Å². The van der Waals surface area contributed by atoms with Crippen molar-refractivity contribution in [3.05, 3.63) is 5.82 Å². The lowest BCUT2D eigenvalue weighted by atomic mass is 10.1. The zero-order chi connectivity index (χ0) is 9.52. The third kappa shape index (κ3) is 3.53. The van der Waals surface area contributed by atoms with Crippen LogP contribution in [-0.2, 0) is 13.0 Å². The Labute approximate surface area is 79.3 Å². The molecule has 0 bridgehead atoms. The van der Waals surface area contributed by atoms with Gasteiger partial charge in [-0.05, 0) is 18.6 Å². The summed E-state index contributed by atoms with van der Waals surface area (Å²) in [6, 6.07) is 0. The van der Waals surface area contributed by atoms with Gasteiger partial charge in [0.25, 0.3) is 0 Å². The average Bonchev–Trinajstić information content (AvgIpc) is 2.60. The Balaban J connectivity index is 2.20. The first-order valence-electron chi connectivity index (χ1n) is 5.13. The molecule has 0 aliphatic heterocycles. The molecule has 0 atom stereocenters. The molecule has 0 aliphatic carbocycles. The molecular formula is C9H18N4. The van der Waals surface area contributed by atoms with E-state index in [1.165, 1.54) is 25.7 Å². The molecule has 0 saturated heterocycles. The van der Waals surface area contributed by atoms with Crippen molar-refractivity contribution < 1.29 is 0 Å². The highest BCUT2D eigenvalue weighted by Gasteiger charge is 2.00. The Kier molecular flexibility index (Phi) is 4.43. The van der Waals surface area contributed by atoms with E-state index in [2.05, 4.69) is 22.3 Å². The Bertz CT molecular complexity index is 231. The van der Waals surface area contributed by atoms with Gasteiger partial charge in [0.05, 0.1) is 6.54 Å². The second-order valence-corrected chi connectivity index (χ2v) is 3.20. The molecule has 1 heterocycles. The number of hydrogen-bond donors (Lipinski definition) is 0. The monoisotopic (exact) mass is 182 g/mol. The average molecular weight is 182 g/mol. The molecule has 0 amide bonds. The highest BCUT2D eigenvalue weighted by molar-refractivity contribution is 4.76. The molecule has 74 valence electrons. The first-order valence-corrected chi connectivity index (χ1v) is 5.13. The fraction of sp³-hybridized carbons (Fsp3) is 0.889. The van der Waals surface area contributed by atoms with Crippen LogP contribution in [0.2, 0.25) is 0 Å². The zero-order valence-corrected chi connectivity index (χ0v) is 8.53. The van der Waals surface area contributed by atoms with Crippen molar-refractivity contribution >= 4 is 0 Å². The summed E-state index contributed by atoms with van der Waals surface area (Å²) in [6.45, 7) is 5.04. The van der Waals surface area contributed by atoms with Crippen LogP contribution in [0, 0.1) is 0 Å². The number of hydrogen-bond acceptors (Lipinski definition) is 3. The minimum atomic E-state index is 0.808. The number of rotatable bonds is 6. The summed E-state index contributed by atoms with van der Waals surface area (Å²) >= 11 is 0. The van der Waals surface area contributed by atoms with Crippen LogP contribution in [0.5, 0.6) is 0 Å². The molecule has 1 rings (SSSR count). The van der Waals surface area contributed by atoms with Gasteiger partial charge in [-0.25, -0.2) is 0 Å². The molecule has 0 aromatic carbocycles. The summed E-state index contributed by atoms with van der Waals surface area (Å²) in [5.74, 6) is 0.887. The van der Waals surface area contributed by atoms with E-state index in [0.717, 1.165) is 18.8 Å². The van der Waals surface area contributed by atoms with Gasteiger partial charge in [-0.2, -0.15) is 4.80 Å². The van der Waals surface area contributed by atoms with Gasteiger partial charge in [-0.1, -0.05) is 26.2 Å². The predicted molar refractivity (Wildman–Crippen MR) is 51.3 cm³/mol. The first kappa shape index (κ1) is 10.2. The summed E-state index contributed by atoms with van der Waals surface area (Å²) in [5, 5.41) is 12.1. The van der Waals surface area contributed by atoms with Crippen molar-refractivity contribution in [3.63, 3.8) is 0 Å². The summed E-state index contributed by atoms with van der Waals surface area (Å²) in [6.07, 6.45) is 6.01. The van der Waals surface area contributed by atoms with Crippen LogP contribution in [-0.4, -0.2) is 20.2 Å². The lowest BCUT2D eigenvalue weighted by Gasteiger charge is -1.94. The van der Waals surface area contributed by atoms with Gasteiger partial charge in [-0.3, -0.25) is 0 Å². The van der Waals surface area contributed by atoms with E-state index in [9.17, 15) is 0 Å². The van der Waals surface area contributed by atoms with Crippen molar-refractivity contribution in [1.29, 1.82) is 0 Å². The minimum Gasteiger partial charge on any atom is -0.164 e. The Morgan fingerprint density at radius 2 is 2.00 bits per heavy atom. The van der Waals surface area contributed by atoms with Crippen LogP contribution in [0.3, 0.4) is 0 Å². The van der Waals surface area contributed by atoms with Crippen molar-refractivity contribution in [2.45, 2.75) is 52.5 Å². The molecule has 0 unspecified atom stereocenters. The lowest BCUT2D eigenvalue weighted by Crippen LogP contribution is -1.99. The van der Waals surface area contributed by atoms with Crippen LogP contribution >= 0.6 is 0 Å². The van der Waals surface area contributed by atoms with E-state index in [4.69, 9.17) is 0 Å². The zero-order valence-electron chi connectivity index (χ0n) is 8.53. The second-order valence-electron chi connectivity index (χ2n) is 3.20. The van der Waals surface area contributed by atoms with E-state index < -0.39 is 0 Å². The molecule has 1 aromatic heterocycles. The minimum absolute atomic E-state index is 0.808. The Hall–Kier alpha value is -0.930. The highest BCUT2D eigenvalue weighted by atomic mass is 15.6. The number of aromatic nitrogens is 4. The fourth-order valence-corrected chi connectivity index (χ4v) is 1.22. The SMILES string of the molecule is CCCCCCc1nnn(CC)n1. The maximum atomic E-state index is 4.22. The Morgan fingerprint density at radius 1 is 1.15 bits per heavy atom. The van der Waals surface area contributed by atoms with E-state index in [-0.39, 0.29) is 0 Å².